The molecule has 0 spiro atoms. The van der Waals surface area contributed by atoms with Gasteiger partial charge < -0.3 is 5.32 Å². The van der Waals surface area contributed by atoms with E-state index < -0.39 is 0 Å². The standard InChI is InChI=1S/C17H17NO/c1-17(14-10-6-3-7-11-14)12-15(19)18-16(17)13-8-4-2-5-9-13/h2-11,16H,12H2,1H3,(H,18,19). The van der Waals surface area contributed by atoms with E-state index in [0.717, 1.165) is 0 Å². The highest BCUT2D eigenvalue weighted by atomic mass is 16.2. The molecule has 2 atom stereocenters. The first-order valence-corrected chi connectivity index (χ1v) is 6.60. The first-order chi connectivity index (χ1) is 9.20. The highest BCUT2D eigenvalue weighted by molar-refractivity contribution is 5.82. The van der Waals surface area contributed by atoms with E-state index in [4.69, 9.17) is 0 Å². The van der Waals surface area contributed by atoms with Gasteiger partial charge >= 0.3 is 0 Å². The van der Waals surface area contributed by atoms with Gasteiger partial charge in [-0.2, -0.15) is 0 Å². The molecule has 1 saturated heterocycles. The summed E-state index contributed by atoms with van der Waals surface area (Å²) in [5.74, 6) is 0.125. The van der Waals surface area contributed by atoms with Crippen molar-refractivity contribution in [3.05, 3.63) is 71.8 Å². The zero-order valence-electron chi connectivity index (χ0n) is 11.0. The van der Waals surface area contributed by atoms with Crippen LogP contribution in [0.1, 0.15) is 30.5 Å². The molecular weight excluding hydrogens is 234 g/mol. The average Bonchev–Trinajstić information content (AvgIpc) is 2.77. The quantitative estimate of drug-likeness (QED) is 0.872. The van der Waals surface area contributed by atoms with E-state index in [2.05, 4.69) is 36.5 Å². The number of carbonyl (C=O) groups is 1. The summed E-state index contributed by atoms with van der Waals surface area (Å²) in [6.07, 6.45) is 0.538. The second-order valence-corrected chi connectivity index (χ2v) is 5.37. The van der Waals surface area contributed by atoms with Gasteiger partial charge in [0.05, 0.1) is 6.04 Å². The highest BCUT2D eigenvalue weighted by Crippen LogP contribution is 2.43. The van der Waals surface area contributed by atoms with Crippen molar-refractivity contribution in [3.63, 3.8) is 0 Å². The fraction of sp³-hybridized carbons (Fsp3) is 0.235. The monoisotopic (exact) mass is 251 g/mol. The largest absolute Gasteiger partial charge is 0.348 e. The summed E-state index contributed by atoms with van der Waals surface area (Å²) in [5, 5.41) is 3.12. The molecule has 1 fully saturated rings. The van der Waals surface area contributed by atoms with Gasteiger partial charge in [0.15, 0.2) is 0 Å². The molecule has 2 aromatic rings. The van der Waals surface area contributed by atoms with Crippen molar-refractivity contribution in [2.75, 3.05) is 0 Å². The Morgan fingerprint density at radius 1 is 1.00 bits per heavy atom. The lowest BCUT2D eigenvalue weighted by Crippen LogP contribution is -2.30. The number of hydrogen-bond donors (Lipinski definition) is 1. The zero-order valence-corrected chi connectivity index (χ0v) is 11.0. The van der Waals surface area contributed by atoms with Crippen LogP contribution in [0.2, 0.25) is 0 Å². The number of amides is 1. The number of benzene rings is 2. The van der Waals surface area contributed by atoms with Gasteiger partial charge in [0, 0.05) is 11.8 Å². The van der Waals surface area contributed by atoms with Crippen molar-refractivity contribution in [2.45, 2.75) is 24.8 Å². The minimum Gasteiger partial charge on any atom is -0.348 e. The van der Waals surface area contributed by atoms with Crippen molar-refractivity contribution in [1.29, 1.82) is 0 Å². The van der Waals surface area contributed by atoms with Gasteiger partial charge in [-0.1, -0.05) is 67.6 Å². The van der Waals surface area contributed by atoms with Gasteiger partial charge in [-0.15, -0.1) is 0 Å². The van der Waals surface area contributed by atoms with Gasteiger partial charge in [0.25, 0.3) is 0 Å². The zero-order chi connectivity index (χ0) is 13.3. The molecule has 1 aliphatic heterocycles. The highest BCUT2D eigenvalue weighted by Gasteiger charge is 2.44. The van der Waals surface area contributed by atoms with E-state index in [9.17, 15) is 4.79 Å². The average molecular weight is 251 g/mol. The summed E-state index contributed by atoms with van der Waals surface area (Å²) in [6.45, 7) is 2.16. The third kappa shape index (κ3) is 2.03. The van der Waals surface area contributed by atoms with Crippen LogP contribution in [0.3, 0.4) is 0 Å². The van der Waals surface area contributed by atoms with E-state index in [1.165, 1.54) is 11.1 Å². The van der Waals surface area contributed by atoms with Crippen LogP contribution in [0.25, 0.3) is 0 Å². The number of carbonyl (C=O) groups excluding carboxylic acids is 1. The van der Waals surface area contributed by atoms with Crippen LogP contribution in [-0.2, 0) is 10.2 Å². The van der Waals surface area contributed by atoms with Crippen LogP contribution >= 0.6 is 0 Å². The number of rotatable bonds is 2. The second-order valence-electron chi connectivity index (χ2n) is 5.37. The Hall–Kier alpha value is -2.09. The summed E-state index contributed by atoms with van der Waals surface area (Å²) < 4.78 is 0. The molecule has 2 nitrogen and oxygen atoms in total. The van der Waals surface area contributed by atoms with Crippen molar-refractivity contribution >= 4 is 5.91 Å². The fourth-order valence-corrected chi connectivity index (χ4v) is 2.99. The summed E-state index contributed by atoms with van der Waals surface area (Å²) in [4.78, 5) is 11.9. The molecule has 2 unspecified atom stereocenters. The SMILES string of the molecule is CC1(c2ccccc2)CC(=O)NC1c1ccccc1. The third-order valence-electron chi connectivity index (χ3n) is 4.04. The molecule has 0 bridgehead atoms. The molecule has 0 saturated carbocycles. The number of nitrogens with one attached hydrogen (secondary N) is 1. The molecule has 2 heteroatoms. The Labute approximate surface area is 113 Å². The van der Waals surface area contributed by atoms with Gasteiger partial charge in [-0.05, 0) is 11.1 Å². The smallest absolute Gasteiger partial charge is 0.221 e. The van der Waals surface area contributed by atoms with E-state index >= 15 is 0 Å². The van der Waals surface area contributed by atoms with E-state index in [-0.39, 0.29) is 17.4 Å². The molecular formula is C17H17NO. The Morgan fingerprint density at radius 2 is 1.58 bits per heavy atom. The third-order valence-corrected chi connectivity index (χ3v) is 4.04. The predicted octanol–water partition coefficient (Wildman–Crippen LogP) is 3.21. The topological polar surface area (TPSA) is 29.1 Å². The molecule has 3 rings (SSSR count). The van der Waals surface area contributed by atoms with Crippen LogP contribution < -0.4 is 5.32 Å². The molecule has 2 aromatic carbocycles. The molecule has 1 aliphatic rings. The Bertz CT molecular complexity index is 579. The maximum absolute atomic E-state index is 11.9. The van der Waals surface area contributed by atoms with Crippen LogP contribution in [0.5, 0.6) is 0 Å². The summed E-state index contributed by atoms with van der Waals surface area (Å²) in [7, 11) is 0. The maximum atomic E-state index is 11.9. The van der Waals surface area contributed by atoms with Crippen LogP contribution in [-0.4, -0.2) is 5.91 Å². The minimum atomic E-state index is -0.181. The summed E-state index contributed by atoms with van der Waals surface area (Å²) in [5.41, 5.74) is 2.20. The number of hydrogen-bond acceptors (Lipinski definition) is 1. The lowest BCUT2D eigenvalue weighted by molar-refractivity contribution is -0.119. The maximum Gasteiger partial charge on any atom is 0.221 e. The first kappa shape index (κ1) is 12.0. The fourth-order valence-electron chi connectivity index (χ4n) is 2.99. The molecule has 1 heterocycles. The molecule has 96 valence electrons. The van der Waals surface area contributed by atoms with Crippen LogP contribution in [0.4, 0.5) is 0 Å². The van der Waals surface area contributed by atoms with Gasteiger partial charge in [0.1, 0.15) is 0 Å². The Kier molecular flexibility index (Phi) is 2.86. The molecule has 1 N–H and O–H groups in total. The normalized spacial score (nSPS) is 26.2. The van der Waals surface area contributed by atoms with Crippen LogP contribution in [0.15, 0.2) is 60.7 Å². The predicted molar refractivity (Wildman–Crippen MR) is 75.7 cm³/mol. The molecule has 0 aromatic heterocycles. The van der Waals surface area contributed by atoms with Crippen LogP contribution in [0, 0.1) is 0 Å². The van der Waals surface area contributed by atoms with Gasteiger partial charge in [0.2, 0.25) is 5.91 Å². The van der Waals surface area contributed by atoms with E-state index in [1.807, 2.05) is 36.4 Å². The minimum absolute atomic E-state index is 0.0450. The van der Waals surface area contributed by atoms with Gasteiger partial charge in [-0.25, -0.2) is 0 Å². The molecule has 0 radical (unpaired) electrons. The lowest BCUT2D eigenvalue weighted by atomic mass is 9.74. The van der Waals surface area contributed by atoms with Gasteiger partial charge in [-0.3, -0.25) is 4.79 Å². The van der Waals surface area contributed by atoms with Crippen molar-refractivity contribution in [2.24, 2.45) is 0 Å². The molecule has 0 aliphatic carbocycles. The molecule has 19 heavy (non-hydrogen) atoms. The lowest BCUT2D eigenvalue weighted by Gasteiger charge is -2.31. The first-order valence-electron chi connectivity index (χ1n) is 6.60. The Morgan fingerprint density at radius 3 is 2.21 bits per heavy atom. The van der Waals surface area contributed by atoms with Crippen molar-refractivity contribution in [3.8, 4) is 0 Å². The Balaban J connectivity index is 2.06. The molecule has 1 amide bonds. The second kappa shape index (κ2) is 4.54. The van der Waals surface area contributed by atoms with E-state index in [0.29, 0.717) is 6.42 Å². The van der Waals surface area contributed by atoms with Crippen molar-refractivity contribution in [1.82, 2.24) is 5.32 Å². The van der Waals surface area contributed by atoms with E-state index in [1.54, 1.807) is 0 Å². The van der Waals surface area contributed by atoms with Crippen molar-refractivity contribution < 1.29 is 4.79 Å². The summed E-state index contributed by atoms with van der Waals surface area (Å²) in [6, 6.07) is 20.5. The summed E-state index contributed by atoms with van der Waals surface area (Å²) >= 11 is 0.